The van der Waals surface area contributed by atoms with Crippen LogP contribution in [-0.2, 0) is 11.5 Å². The van der Waals surface area contributed by atoms with E-state index in [1.807, 2.05) is 48.2 Å². The van der Waals surface area contributed by atoms with Gasteiger partial charge in [0, 0.05) is 16.0 Å². The largest absolute Gasteiger partial charge is 0.493 e. The highest BCUT2D eigenvalue weighted by molar-refractivity contribution is 9.10. The summed E-state index contributed by atoms with van der Waals surface area (Å²) in [6, 6.07) is 13.7. The van der Waals surface area contributed by atoms with Crippen LogP contribution < -0.4 is 9.47 Å². The van der Waals surface area contributed by atoms with Crippen molar-refractivity contribution in [3.8, 4) is 17.6 Å². The van der Waals surface area contributed by atoms with Crippen LogP contribution >= 0.6 is 27.7 Å². The molecule has 0 aliphatic heterocycles. The summed E-state index contributed by atoms with van der Waals surface area (Å²) < 4.78 is 11.6. The standard InChI is InChI=1S/C17H16BrNO2S/c1-20-16-7-14(15(18)8-17(16)21-2)11-22-10-13-5-3-12(9-19)4-6-13/h3-8H,10-11H2,1-2H3. The quantitative estimate of drug-likeness (QED) is 0.726. The molecule has 0 aliphatic carbocycles. The second-order valence-corrected chi connectivity index (χ2v) is 6.44. The first-order valence-corrected chi connectivity index (χ1v) is 8.60. The zero-order valence-corrected chi connectivity index (χ0v) is 14.8. The number of methoxy groups -OCH3 is 2. The Hall–Kier alpha value is -1.64. The van der Waals surface area contributed by atoms with E-state index in [-0.39, 0.29) is 0 Å². The smallest absolute Gasteiger partial charge is 0.161 e. The molecule has 0 radical (unpaired) electrons. The number of nitrogens with zero attached hydrogens (tertiary/aromatic N) is 1. The molecule has 22 heavy (non-hydrogen) atoms. The molecule has 2 aromatic rings. The number of halogens is 1. The summed E-state index contributed by atoms with van der Waals surface area (Å²) in [4.78, 5) is 0. The minimum Gasteiger partial charge on any atom is -0.493 e. The summed E-state index contributed by atoms with van der Waals surface area (Å²) in [5.41, 5.74) is 3.06. The van der Waals surface area contributed by atoms with Crippen molar-refractivity contribution in [2.45, 2.75) is 11.5 Å². The summed E-state index contributed by atoms with van der Waals surface area (Å²) in [6.07, 6.45) is 0. The van der Waals surface area contributed by atoms with E-state index in [1.165, 1.54) is 5.56 Å². The minimum absolute atomic E-state index is 0.691. The molecule has 0 spiro atoms. The average Bonchev–Trinajstić information content (AvgIpc) is 2.56. The molecule has 3 nitrogen and oxygen atoms in total. The maximum Gasteiger partial charge on any atom is 0.161 e. The van der Waals surface area contributed by atoms with E-state index in [4.69, 9.17) is 14.7 Å². The number of benzene rings is 2. The van der Waals surface area contributed by atoms with Gasteiger partial charge in [0.2, 0.25) is 0 Å². The number of thioether (sulfide) groups is 1. The predicted octanol–water partition coefficient (Wildman–Crippen LogP) is 4.77. The van der Waals surface area contributed by atoms with Crippen LogP contribution in [0.2, 0.25) is 0 Å². The van der Waals surface area contributed by atoms with Crippen LogP contribution in [0.3, 0.4) is 0 Å². The van der Waals surface area contributed by atoms with Crippen LogP contribution in [0.25, 0.3) is 0 Å². The van der Waals surface area contributed by atoms with E-state index < -0.39 is 0 Å². The van der Waals surface area contributed by atoms with E-state index in [1.54, 1.807) is 14.2 Å². The van der Waals surface area contributed by atoms with Crippen molar-refractivity contribution < 1.29 is 9.47 Å². The average molecular weight is 378 g/mol. The number of ether oxygens (including phenoxy) is 2. The van der Waals surface area contributed by atoms with Gasteiger partial charge in [0.25, 0.3) is 0 Å². The molecular weight excluding hydrogens is 362 g/mol. The highest BCUT2D eigenvalue weighted by Gasteiger charge is 2.09. The van der Waals surface area contributed by atoms with E-state index in [0.717, 1.165) is 33.0 Å². The van der Waals surface area contributed by atoms with E-state index in [0.29, 0.717) is 5.56 Å². The van der Waals surface area contributed by atoms with E-state index in [2.05, 4.69) is 22.0 Å². The van der Waals surface area contributed by atoms with Gasteiger partial charge in [-0.15, -0.1) is 0 Å². The molecule has 0 aromatic heterocycles. The van der Waals surface area contributed by atoms with Gasteiger partial charge < -0.3 is 9.47 Å². The van der Waals surface area contributed by atoms with Crippen molar-refractivity contribution in [3.63, 3.8) is 0 Å². The lowest BCUT2D eigenvalue weighted by Gasteiger charge is -2.11. The first kappa shape index (κ1) is 16.7. The molecule has 0 aliphatic rings. The summed E-state index contributed by atoms with van der Waals surface area (Å²) in [7, 11) is 3.27. The third kappa shape index (κ3) is 4.19. The lowest BCUT2D eigenvalue weighted by atomic mass is 10.2. The molecule has 0 amide bonds. The topological polar surface area (TPSA) is 42.2 Å². The molecule has 0 saturated carbocycles. The molecule has 0 bridgehead atoms. The summed E-state index contributed by atoms with van der Waals surface area (Å²) in [5.74, 6) is 3.21. The van der Waals surface area contributed by atoms with Gasteiger partial charge in [0.15, 0.2) is 11.5 Å². The van der Waals surface area contributed by atoms with Crippen molar-refractivity contribution in [3.05, 3.63) is 57.6 Å². The monoisotopic (exact) mass is 377 g/mol. The Bertz CT molecular complexity index is 680. The van der Waals surface area contributed by atoms with Gasteiger partial charge in [0.1, 0.15) is 0 Å². The van der Waals surface area contributed by atoms with Crippen LogP contribution in [0.4, 0.5) is 0 Å². The lowest BCUT2D eigenvalue weighted by Crippen LogP contribution is -1.93. The summed E-state index contributed by atoms with van der Waals surface area (Å²) in [6.45, 7) is 0. The normalized spacial score (nSPS) is 10.1. The second-order valence-electron chi connectivity index (χ2n) is 4.60. The number of hydrogen-bond acceptors (Lipinski definition) is 4. The molecule has 5 heteroatoms. The van der Waals surface area contributed by atoms with Crippen molar-refractivity contribution in [2.24, 2.45) is 0 Å². The van der Waals surface area contributed by atoms with Crippen LogP contribution in [0.15, 0.2) is 40.9 Å². The first-order chi connectivity index (χ1) is 10.7. The van der Waals surface area contributed by atoms with Gasteiger partial charge in [0.05, 0.1) is 25.9 Å². The Morgan fingerprint density at radius 1 is 1.05 bits per heavy atom. The molecular formula is C17H16BrNO2S. The predicted molar refractivity (Wildman–Crippen MR) is 93.4 cm³/mol. The minimum atomic E-state index is 0.691. The van der Waals surface area contributed by atoms with Gasteiger partial charge in [-0.05, 0) is 35.4 Å². The fourth-order valence-corrected chi connectivity index (χ4v) is 3.60. The second kappa shape index (κ2) is 8.11. The zero-order chi connectivity index (χ0) is 15.9. The van der Waals surface area contributed by atoms with Gasteiger partial charge >= 0.3 is 0 Å². The Balaban J connectivity index is 2.00. The Kier molecular flexibility index (Phi) is 6.17. The maximum atomic E-state index is 8.79. The van der Waals surface area contributed by atoms with Crippen molar-refractivity contribution in [1.29, 1.82) is 5.26 Å². The number of nitriles is 1. The molecule has 0 fully saturated rings. The van der Waals surface area contributed by atoms with Gasteiger partial charge in [-0.2, -0.15) is 17.0 Å². The Morgan fingerprint density at radius 3 is 2.27 bits per heavy atom. The van der Waals surface area contributed by atoms with Gasteiger partial charge in [-0.25, -0.2) is 0 Å². The van der Waals surface area contributed by atoms with E-state index in [9.17, 15) is 0 Å². The Labute approximate surface area is 143 Å². The van der Waals surface area contributed by atoms with Gasteiger partial charge in [-0.1, -0.05) is 28.1 Å². The molecule has 0 atom stereocenters. The highest BCUT2D eigenvalue weighted by atomic mass is 79.9. The lowest BCUT2D eigenvalue weighted by molar-refractivity contribution is 0.354. The van der Waals surface area contributed by atoms with Gasteiger partial charge in [-0.3, -0.25) is 0 Å². The molecule has 0 heterocycles. The summed E-state index contributed by atoms with van der Waals surface area (Å²) >= 11 is 5.38. The first-order valence-electron chi connectivity index (χ1n) is 6.65. The zero-order valence-electron chi connectivity index (χ0n) is 12.4. The maximum absolute atomic E-state index is 8.79. The molecule has 0 N–H and O–H groups in total. The molecule has 2 rings (SSSR count). The Morgan fingerprint density at radius 2 is 1.68 bits per heavy atom. The molecule has 0 unspecified atom stereocenters. The van der Waals surface area contributed by atoms with Crippen molar-refractivity contribution in [2.75, 3.05) is 14.2 Å². The third-order valence-electron chi connectivity index (χ3n) is 3.16. The van der Waals surface area contributed by atoms with Crippen LogP contribution in [0, 0.1) is 11.3 Å². The third-order valence-corrected chi connectivity index (χ3v) is 4.95. The number of rotatable bonds is 6. The van der Waals surface area contributed by atoms with Crippen LogP contribution in [0.5, 0.6) is 11.5 Å². The highest BCUT2D eigenvalue weighted by Crippen LogP contribution is 2.35. The SMILES string of the molecule is COc1cc(Br)c(CSCc2ccc(C#N)cc2)cc1OC. The number of hydrogen-bond donors (Lipinski definition) is 0. The van der Waals surface area contributed by atoms with E-state index >= 15 is 0 Å². The van der Waals surface area contributed by atoms with Crippen LogP contribution in [0.1, 0.15) is 16.7 Å². The van der Waals surface area contributed by atoms with Crippen molar-refractivity contribution >= 4 is 27.7 Å². The fourth-order valence-electron chi connectivity index (χ4n) is 1.96. The van der Waals surface area contributed by atoms with Crippen LogP contribution in [-0.4, -0.2) is 14.2 Å². The van der Waals surface area contributed by atoms with Crippen molar-refractivity contribution in [1.82, 2.24) is 0 Å². The molecule has 114 valence electrons. The summed E-state index contributed by atoms with van der Waals surface area (Å²) in [5, 5.41) is 8.79. The fraction of sp³-hybridized carbons (Fsp3) is 0.235. The molecule has 0 saturated heterocycles. The molecule has 2 aromatic carbocycles.